The number of anilines is 1. The predicted octanol–water partition coefficient (Wildman–Crippen LogP) is 6.75. The summed E-state index contributed by atoms with van der Waals surface area (Å²) >= 11 is 2.29. The monoisotopic (exact) mass is 1170 g/mol. The normalized spacial score (nSPS) is 17.1. The van der Waals surface area contributed by atoms with E-state index >= 15 is 0 Å². The topological polar surface area (TPSA) is 213 Å². The van der Waals surface area contributed by atoms with Gasteiger partial charge in [0.15, 0.2) is 0 Å². The Balaban J connectivity index is 0.000000181. The summed E-state index contributed by atoms with van der Waals surface area (Å²) in [5, 5.41) is 18.1. The lowest BCUT2D eigenvalue weighted by Crippen LogP contribution is -2.46. The SMILES string of the molecule is CC(F)(F)C(=O)N[C@H]1CC(=O)NC1c1ccccc1.CN.Cn1cc(Cn2ncc3cc(I)ccc32)ccc1=O.Cn1cc(Cn2ncc3cc(N4C(=O)C[C@H](NC(=O)C(C)(F)F)C4c4ccccc4)ccc32)ccc1=O. The Morgan fingerprint density at radius 2 is 1.13 bits per heavy atom. The summed E-state index contributed by atoms with van der Waals surface area (Å²) in [5.74, 6) is -10.3. The van der Waals surface area contributed by atoms with Crippen molar-refractivity contribution in [1.82, 2.24) is 44.6 Å². The Bertz CT molecular complexity index is 3520. The first-order valence-electron chi connectivity index (χ1n) is 24.2. The van der Waals surface area contributed by atoms with Crippen LogP contribution in [0.2, 0.25) is 0 Å². The smallest absolute Gasteiger partial charge is 0.321 e. The molecule has 4 aromatic carbocycles. The maximum atomic E-state index is 13.7. The van der Waals surface area contributed by atoms with Crippen LogP contribution in [0, 0.1) is 3.57 Å². The number of nitrogens with zero attached hydrogens (tertiary/aromatic N) is 7. The Morgan fingerprint density at radius 1 is 0.649 bits per heavy atom. The number of fused-ring (bicyclic) bond motifs is 2. The Hall–Kier alpha value is -7.99. The van der Waals surface area contributed by atoms with Crippen LogP contribution in [-0.2, 0) is 46.4 Å². The summed E-state index contributed by atoms with van der Waals surface area (Å²) in [7, 11) is 4.95. The van der Waals surface area contributed by atoms with E-state index in [9.17, 15) is 46.3 Å². The van der Waals surface area contributed by atoms with Crippen molar-refractivity contribution in [3.8, 4) is 0 Å². The maximum Gasteiger partial charge on any atom is 0.321 e. The molecule has 8 aromatic rings. The van der Waals surface area contributed by atoms with E-state index in [1.165, 1.54) is 21.3 Å². The van der Waals surface area contributed by atoms with Gasteiger partial charge in [0, 0.05) is 85.3 Å². The minimum Gasteiger partial charge on any atom is -0.347 e. The van der Waals surface area contributed by atoms with Crippen LogP contribution >= 0.6 is 22.6 Å². The summed E-state index contributed by atoms with van der Waals surface area (Å²) in [6.07, 6.45) is 7.07. The van der Waals surface area contributed by atoms with Gasteiger partial charge in [-0.25, -0.2) is 0 Å². The van der Waals surface area contributed by atoms with Crippen molar-refractivity contribution in [2.24, 2.45) is 19.8 Å². The van der Waals surface area contributed by atoms with Gasteiger partial charge in [0.2, 0.25) is 22.9 Å². The van der Waals surface area contributed by atoms with E-state index in [2.05, 4.69) is 72.7 Å². The molecule has 0 aliphatic carbocycles. The fourth-order valence-electron chi connectivity index (χ4n) is 8.92. The highest BCUT2D eigenvalue weighted by Crippen LogP contribution is 2.39. The zero-order valence-electron chi connectivity index (χ0n) is 42.5. The molecule has 0 spiro atoms. The summed E-state index contributed by atoms with van der Waals surface area (Å²) in [5.41, 5.74) is 10.4. The van der Waals surface area contributed by atoms with E-state index in [1.807, 2.05) is 59.5 Å². The number of aryl methyl sites for hydroxylation is 2. The van der Waals surface area contributed by atoms with Gasteiger partial charge in [0.1, 0.15) is 0 Å². The summed E-state index contributed by atoms with van der Waals surface area (Å²) in [6, 6.07) is 33.8. The first-order chi connectivity index (χ1) is 36.6. The minimum absolute atomic E-state index is 0.00137. The molecule has 2 aliphatic heterocycles. The molecule has 0 radical (unpaired) electrons. The molecule has 5 N–H and O–H groups in total. The van der Waals surface area contributed by atoms with Gasteiger partial charge >= 0.3 is 11.8 Å². The van der Waals surface area contributed by atoms with Gasteiger partial charge in [-0.05, 0) is 88.3 Å². The van der Waals surface area contributed by atoms with Gasteiger partial charge < -0.3 is 35.7 Å². The molecule has 0 saturated carbocycles. The standard InChI is InChI=1S/C27H25F2N5O3.C14H12IN3O.C13H14F2N2O2.CH5N/c1-27(28,29)26(37)31-21-13-24(36)34(25(21)18-6-4-3-5-7-18)20-9-10-22-19(12-20)14-30-33(22)16-17-8-11-23(35)32(2)15-17;1-17-8-10(2-5-14(17)19)9-18-13-4-3-12(15)6-11(13)7-16-18;1-13(14,15)12(19)16-9-7-10(18)17-11(9)8-5-3-2-4-6-8;1-2/h3-12,14-15,21,25H,13,16H2,1-2H3,(H,31,37);2-8H,9H2,1H3;2-6,9,11H,7H2,1H3,(H,16,19)(H,17,18);2H2,1H3/t21-,25?;;9-,11?;/m0.0./s1. The van der Waals surface area contributed by atoms with Crippen LogP contribution in [0.15, 0.2) is 156 Å². The minimum atomic E-state index is -3.56. The van der Waals surface area contributed by atoms with Crippen molar-refractivity contribution >= 4 is 73.7 Å². The van der Waals surface area contributed by atoms with E-state index in [-0.39, 0.29) is 35.8 Å². The molecule has 6 heterocycles. The molecule has 2 fully saturated rings. The second kappa shape index (κ2) is 24.3. The van der Waals surface area contributed by atoms with Crippen LogP contribution in [0.3, 0.4) is 0 Å². The van der Waals surface area contributed by atoms with Crippen molar-refractivity contribution in [3.05, 3.63) is 193 Å². The summed E-state index contributed by atoms with van der Waals surface area (Å²) in [4.78, 5) is 72.6. The van der Waals surface area contributed by atoms with Crippen LogP contribution in [0.5, 0.6) is 0 Å². The molecule has 402 valence electrons. The quantitative estimate of drug-likeness (QED) is 0.0796. The molecule has 4 atom stereocenters. The van der Waals surface area contributed by atoms with Crippen molar-refractivity contribution < 1.29 is 36.7 Å². The first-order valence-corrected chi connectivity index (χ1v) is 25.2. The molecule has 0 bridgehead atoms. The van der Waals surface area contributed by atoms with Crippen molar-refractivity contribution in [2.45, 2.75) is 75.8 Å². The van der Waals surface area contributed by atoms with Crippen molar-refractivity contribution in [2.75, 3.05) is 11.9 Å². The third kappa shape index (κ3) is 13.9. The zero-order valence-corrected chi connectivity index (χ0v) is 44.7. The molecule has 4 aromatic heterocycles. The number of nitrogens with two attached hydrogens (primary N) is 1. The second-order valence-electron chi connectivity index (χ2n) is 18.4. The zero-order chi connectivity index (χ0) is 55.8. The number of halogens is 5. The highest BCUT2D eigenvalue weighted by atomic mass is 127. The lowest BCUT2D eigenvalue weighted by atomic mass is 9.99. The van der Waals surface area contributed by atoms with Crippen LogP contribution in [0.25, 0.3) is 21.8 Å². The van der Waals surface area contributed by atoms with E-state index in [1.54, 1.807) is 95.2 Å². The lowest BCUT2D eigenvalue weighted by Gasteiger charge is -2.29. The number of alkyl halides is 4. The van der Waals surface area contributed by atoms with Gasteiger partial charge in [-0.1, -0.05) is 72.8 Å². The molecule has 77 heavy (non-hydrogen) atoms. The second-order valence-corrected chi connectivity index (χ2v) is 19.7. The number of nitrogens with one attached hydrogen (secondary N) is 3. The number of amides is 4. The van der Waals surface area contributed by atoms with Crippen LogP contribution < -0.4 is 37.7 Å². The van der Waals surface area contributed by atoms with Gasteiger partial charge in [0.05, 0.1) is 60.7 Å². The molecule has 2 aliphatic rings. The number of carbonyl (C=O) groups excluding carboxylic acids is 4. The predicted molar refractivity (Wildman–Crippen MR) is 292 cm³/mol. The number of pyridine rings is 2. The summed E-state index contributed by atoms with van der Waals surface area (Å²) in [6.45, 7) is 2.18. The van der Waals surface area contributed by atoms with Crippen LogP contribution in [-0.4, -0.2) is 83.3 Å². The summed E-state index contributed by atoms with van der Waals surface area (Å²) < 4.78 is 61.1. The maximum absolute atomic E-state index is 13.7. The van der Waals surface area contributed by atoms with Gasteiger partial charge in [-0.15, -0.1) is 0 Å². The molecule has 2 unspecified atom stereocenters. The van der Waals surface area contributed by atoms with Gasteiger partial charge in [-0.3, -0.25) is 38.1 Å². The average molecular weight is 1170 g/mol. The van der Waals surface area contributed by atoms with E-state index in [4.69, 9.17) is 0 Å². The number of hydrogen-bond donors (Lipinski definition) is 4. The van der Waals surface area contributed by atoms with E-state index < -0.39 is 47.8 Å². The largest absolute Gasteiger partial charge is 0.347 e. The number of aromatic nitrogens is 6. The Kier molecular flexibility index (Phi) is 17.9. The molecular weight excluding hydrogens is 1110 g/mol. The van der Waals surface area contributed by atoms with E-state index in [0.29, 0.717) is 32.6 Å². The lowest BCUT2D eigenvalue weighted by molar-refractivity contribution is -0.144. The fraction of sp³-hybridized carbons (Fsp3) is 0.273. The Labute approximate surface area is 453 Å². The molecule has 10 rings (SSSR count). The third-order valence-electron chi connectivity index (χ3n) is 12.6. The van der Waals surface area contributed by atoms with Crippen LogP contribution in [0.4, 0.5) is 23.2 Å². The van der Waals surface area contributed by atoms with Gasteiger partial charge in [0.25, 0.3) is 11.8 Å². The van der Waals surface area contributed by atoms with Crippen molar-refractivity contribution in [3.63, 3.8) is 0 Å². The first kappa shape index (κ1) is 56.7. The average Bonchev–Trinajstić information content (AvgIpc) is 4.18. The highest BCUT2D eigenvalue weighted by molar-refractivity contribution is 14.1. The number of benzene rings is 4. The van der Waals surface area contributed by atoms with E-state index in [0.717, 1.165) is 44.1 Å². The number of carbonyl (C=O) groups is 4. The molecule has 2 saturated heterocycles. The molecular formula is C55H56F4IN11O6. The van der Waals surface area contributed by atoms with Crippen molar-refractivity contribution in [1.29, 1.82) is 0 Å². The van der Waals surface area contributed by atoms with Gasteiger partial charge in [-0.2, -0.15) is 27.8 Å². The third-order valence-corrected chi connectivity index (χ3v) is 13.3. The highest BCUT2D eigenvalue weighted by Gasteiger charge is 2.45. The molecule has 17 nitrogen and oxygen atoms in total. The fourth-order valence-corrected chi connectivity index (χ4v) is 9.44. The molecule has 4 amide bonds. The van der Waals surface area contributed by atoms with Crippen LogP contribution in [0.1, 0.15) is 61.0 Å². The molecule has 22 heteroatoms. The Morgan fingerprint density at radius 3 is 1.64 bits per heavy atom. The number of rotatable bonds is 11. The number of hydrogen-bond acceptors (Lipinski definition) is 9.